The third kappa shape index (κ3) is 3.89. The summed E-state index contributed by atoms with van der Waals surface area (Å²) in [5, 5.41) is 0. The van der Waals surface area contributed by atoms with Crippen molar-refractivity contribution in [2.24, 2.45) is 0 Å². The zero-order chi connectivity index (χ0) is 14.7. The summed E-state index contributed by atoms with van der Waals surface area (Å²) in [6.45, 7) is 5.00. The van der Waals surface area contributed by atoms with Gasteiger partial charge in [-0.25, -0.2) is 9.37 Å². The Morgan fingerprint density at radius 3 is 3.10 bits per heavy atom. The third-order valence-corrected chi connectivity index (χ3v) is 3.63. The largest absolute Gasteiger partial charge is 0.449 e. The van der Waals surface area contributed by atoms with E-state index in [9.17, 15) is 4.39 Å². The molecule has 0 saturated carbocycles. The fourth-order valence-corrected chi connectivity index (χ4v) is 2.68. The highest BCUT2D eigenvalue weighted by atomic mass is 19.1. The molecule has 0 spiro atoms. The van der Waals surface area contributed by atoms with Gasteiger partial charge in [0, 0.05) is 26.6 Å². The Labute approximate surface area is 123 Å². The Bertz CT molecular complexity index is 599. The quantitative estimate of drug-likeness (QED) is 0.867. The molecular formula is C16H19FN2O2. The van der Waals surface area contributed by atoms with Crippen LogP contribution in [0.1, 0.15) is 17.1 Å². The van der Waals surface area contributed by atoms with Crippen LogP contribution < -0.4 is 0 Å². The first-order valence-electron chi connectivity index (χ1n) is 7.18. The van der Waals surface area contributed by atoms with Crippen LogP contribution in [-0.2, 0) is 17.7 Å². The fourth-order valence-electron chi connectivity index (χ4n) is 2.68. The van der Waals surface area contributed by atoms with Crippen molar-refractivity contribution < 1.29 is 13.5 Å². The molecule has 5 heteroatoms. The number of benzene rings is 1. The van der Waals surface area contributed by atoms with Gasteiger partial charge in [-0.15, -0.1) is 0 Å². The number of aromatic nitrogens is 1. The number of hydrogen-bond donors (Lipinski definition) is 0. The molecule has 0 aliphatic carbocycles. The van der Waals surface area contributed by atoms with E-state index < -0.39 is 0 Å². The topological polar surface area (TPSA) is 38.5 Å². The van der Waals surface area contributed by atoms with E-state index in [0.717, 1.165) is 37.3 Å². The molecule has 1 aromatic carbocycles. The molecular weight excluding hydrogens is 271 g/mol. The lowest BCUT2D eigenvalue weighted by molar-refractivity contribution is -0.0308. The first-order chi connectivity index (χ1) is 10.2. The second kappa shape index (κ2) is 6.37. The number of hydrogen-bond acceptors (Lipinski definition) is 4. The molecule has 2 heterocycles. The lowest BCUT2D eigenvalue weighted by Crippen LogP contribution is -2.42. The summed E-state index contributed by atoms with van der Waals surface area (Å²) in [6, 6.07) is 6.71. The highest BCUT2D eigenvalue weighted by molar-refractivity contribution is 5.17. The minimum atomic E-state index is -0.196. The zero-order valence-electron chi connectivity index (χ0n) is 12.1. The lowest BCUT2D eigenvalue weighted by Gasteiger charge is -2.32. The van der Waals surface area contributed by atoms with Crippen molar-refractivity contribution in [2.45, 2.75) is 26.0 Å². The summed E-state index contributed by atoms with van der Waals surface area (Å²) in [4.78, 5) is 6.62. The van der Waals surface area contributed by atoms with Crippen LogP contribution in [0.3, 0.4) is 0 Å². The van der Waals surface area contributed by atoms with Gasteiger partial charge in [0.25, 0.3) is 0 Å². The summed E-state index contributed by atoms with van der Waals surface area (Å²) in [6.07, 6.45) is 2.52. The fraction of sp³-hybridized carbons (Fsp3) is 0.438. The van der Waals surface area contributed by atoms with Crippen molar-refractivity contribution in [3.8, 4) is 0 Å². The van der Waals surface area contributed by atoms with Gasteiger partial charge in [0.1, 0.15) is 12.1 Å². The van der Waals surface area contributed by atoms with Crippen LogP contribution in [-0.4, -0.2) is 35.7 Å². The number of ether oxygens (including phenoxy) is 1. The summed E-state index contributed by atoms with van der Waals surface area (Å²) in [5.41, 5.74) is 1.91. The van der Waals surface area contributed by atoms with Crippen LogP contribution in [0.25, 0.3) is 0 Å². The lowest BCUT2D eigenvalue weighted by atomic mass is 10.1. The van der Waals surface area contributed by atoms with Crippen molar-refractivity contribution >= 4 is 0 Å². The second-order valence-corrected chi connectivity index (χ2v) is 5.42. The normalized spacial score (nSPS) is 19.8. The maximum atomic E-state index is 13.2. The maximum Gasteiger partial charge on any atom is 0.191 e. The van der Waals surface area contributed by atoms with Crippen molar-refractivity contribution in [1.82, 2.24) is 9.88 Å². The number of oxazole rings is 1. The van der Waals surface area contributed by atoms with E-state index in [1.807, 2.05) is 13.0 Å². The summed E-state index contributed by atoms with van der Waals surface area (Å²) < 4.78 is 24.2. The average Bonchev–Trinajstić information content (AvgIpc) is 2.84. The molecule has 0 amide bonds. The van der Waals surface area contributed by atoms with Crippen LogP contribution >= 0.6 is 0 Å². The van der Waals surface area contributed by atoms with Crippen molar-refractivity contribution in [3.63, 3.8) is 0 Å². The Balaban J connectivity index is 1.58. The van der Waals surface area contributed by atoms with Gasteiger partial charge >= 0.3 is 0 Å². The molecule has 1 saturated heterocycles. The molecule has 2 aromatic rings. The van der Waals surface area contributed by atoms with Gasteiger partial charge in [-0.1, -0.05) is 12.1 Å². The standard InChI is InChI=1S/C16H19FN2O2/c1-12-18-15(11-21-12)9-19-5-6-20-16(10-19)8-13-3-2-4-14(17)7-13/h2-4,7,11,16H,5-6,8-10H2,1H3/t16-/m0/s1. The Morgan fingerprint density at radius 2 is 2.33 bits per heavy atom. The SMILES string of the molecule is Cc1nc(CN2CCO[C@@H](Cc3cccc(F)c3)C2)co1. The number of rotatable bonds is 4. The predicted molar refractivity (Wildman–Crippen MR) is 76.4 cm³/mol. The van der Waals surface area contributed by atoms with Gasteiger partial charge in [-0.3, -0.25) is 4.90 Å². The number of nitrogens with zero attached hydrogens (tertiary/aromatic N) is 2. The van der Waals surface area contributed by atoms with Crippen LogP contribution in [0.5, 0.6) is 0 Å². The monoisotopic (exact) mass is 290 g/mol. The van der Waals surface area contributed by atoms with Crippen molar-refractivity contribution in [1.29, 1.82) is 0 Å². The van der Waals surface area contributed by atoms with Gasteiger partial charge in [0.2, 0.25) is 0 Å². The molecule has 1 aromatic heterocycles. The van der Waals surface area contributed by atoms with E-state index in [-0.39, 0.29) is 11.9 Å². The minimum absolute atomic E-state index is 0.0912. The summed E-state index contributed by atoms with van der Waals surface area (Å²) in [5.74, 6) is 0.493. The van der Waals surface area contributed by atoms with Gasteiger partial charge in [-0.2, -0.15) is 0 Å². The van der Waals surface area contributed by atoms with Crippen molar-refractivity contribution in [2.75, 3.05) is 19.7 Å². The van der Waals surface area contributed by atoms with E-state index in [2.05, 4.69) is 9.88 Å². The van der Waals surface area contributed by atoms with Crippen molar-refractivity contribution in [3.05, 3.63) is 53.5 Å². The first-order valence-corrected chi connectivity index (χ1v) is 7.18. The molecule has 1 aliphatic rings. The molecule has 0 N–H and O–H groups in total. The van der Waals surface area contributed by atoms with E-state index in [1.54, 1.807) is 18.4 Å². The summed E-state index contributed by atoms with van der Waals surface area (Å²) in [7, 11) is 0. The Hall–Kier alpha value is -1.72. The molecule has 4 nitrogen and oxygen atoms in total. The Morgan fingerprint density at radius 1 is 1.43 bits per heavy atom. The average molecular weight is 290 g/mol. The van der Waals surface area contributed by atoms with Crippen LogP contribution in [0.15, 0.2) is 34.9 Å². The van der Waals surface area contributed by atoms with E-state index in [1.165, 1.54) is 6.07 Å². The summed E-state index contributed by atoms with van der Waals surface area (Å²) >= 11 is 0. The van der Waals surface area contributed by atoms with E-state index in [4.69, 9.17) is 9.15 Å². The zero-order valence-corrected chi connectivity index (χ0v) is 12.1. The van der Waals surface area contributed by atoms with E-state index in [0.29, 0.717) is 12.5 Å². The maximum absolute atomic E-state index is 13.2. The molecule has 0 bridgehead atoms. The smallest absolute Gasteiger partial charge is 0.191 e. The minimum Gasteiger partial charge on any atom is -0.449 e. The first kappa shape index (κ1) is 14.2. The van der Waals surface area contributed by atoms with Gasteiger partial charge in [-0.05, 0) is 24.1 Å². The molecule has 112 valence electrons. The molecule has 21 heavy (non-hydrogen) atoms. The highest BCUT2D eigenvalue weighted by Crippen LogP contribution is 2.15. The number of aryl methyl sites for hydroxylation is 1. The molecule has 3 rings (SSSR count). The van der Waals surface area contributed by atoms with Gasteiger partial charge < -0.3 is 9.15 Å². The molecule has 1 aliphatic heterocycles. The van der Waals surface area contributed by atoms with Crippen LogP contribution in [0.4, 0.5) is 4.39 Å². The third-order valence-electron chi connectivity index (χ3n) is 3.63. The van der Waals surface area contributed by atoms with Crippen LogP contribution in [0.2, 0.25) is 0 Å². The van der Waals surface area contributed by atoms with Gasteiger partial charge in [0.05, 0.1) is 18.4 Å². The molecule has 1 atom stereocenters. The van der Waals surface area contributed by atoms with Crippen LogP contribution in [0, 0.1) is 12.7 Å². The number of morpholine rings is 1. The number of halogens is 1. The predicted octanol–water partition coefficient (Wildman–Crippen LogP) is 2.57. The highest BCUT2D eigenvalue weighted by Gasteiger charge is 2.21. The molecule has 1 fully saturated rings. The second-order valence-electron chi connectivity index (χ2n) is 5.42. The van der Waals surface area contributed by atoms with Gasteiger partial charge in [0.15, 0.2) is 5.89 Å². The molecule has 0 unspecified atom stereocenters. The Kier molecular flexibility index (Phi) is 4.31. The molecule has 0 radical (unpaired) electrons. The van der Waals surface area contributed by atoms with E-state index >= 15 is 0 Å².